The molecule has 1 amide bonds. The molecule has 0 aliphatic carbocycles. The van der Waals surface area contributed by atoms with Crippen LogP contribution in [0.2, 0.25) is 0 Å². The van der Waals surface area contributed by atoms with Crippen molar-refractivity contribution in [3.63, 3.8) is 0 Å². The number of amides is 1. The van der Waals surface area contributed by atoms with Crippen molar-refractivity contribution in [1.82, 2.24) is 15.8 Å². The van der Waals surface area contributed by atoms with Gasteiger partial charge in [0.05, 0.1) is 0 Å². The van der Waals surface area contributed by atoms with Gasteiger partial charge in [0.25, 0.3) is 5.91 Å². The molecule has 0 spiro atoms. The maximum absolute atomic E-state index is 14.0. The summed E-state index contributed by atoms with van der Waals surface area (Å²) in [6.45, 7) is 1.34. The fraction of sp³-hybridized carbons (Fsp3) is 0.150. The molecule has 0 saturated heterocycles. The molecule has 3 aromatic rings. The first-order valence-electron chi connectivity index (χ1n) is 8.33. The summed E-state index contributed by atoms with van der Waals surface area (Å²) in [5, 5.41) is 12.9. The largest absolute Gasteiger partial charge is 0.361 e. The Balaban J connectivity index is 1.50. The van der Waals surface area contributed by atoms with E-state index in [0.717, 1.165) is 30.1 Å². The van der Waals surface area contributed by atoms with Crippen molar-refractivity contribution in [2.45, 2.75) is 13.0 Å². The first kappa shape index (κ1) is 17.8. The summed E-state index contributed by atoms with van der Waals surface area (Å²) in [6, 6.07) is 13.2. The Morgan fingerprint density at radius 1 is 1.15 bits per heavy atom. The molecule has 0 fully saturated rings. The highest BCUT2D eigenvalue weighted by atomic mass is 19.1. The lowest BCUT2D eigenvalue weighted by Gasteiger charge is -2.07. The number of hydroxylamine groups is 1. The van der Waals surface area contributed by atoms with Crippen LogP contribution in [-0.2, 0) is 17.8 Å². The number of hydrogen-bond acceptors (Lipinski definition) is 3. The number of aromatic nitrogens is 1. The third kappa shape index (κ3) is 4.56. The molecule has 0 aliphatic heterocycles. The fourth-order valence-electron chi connectivity index (χ4n) is 2.73. The Morgan fingerprint density at radius 2 is 2.00 bits per heavy atom. The molecule has 2 aromatic carbocycles. The second kappa shape index (κ2) is 8.42. The third-order valence-corrected chi connectivity index (χ3v) is 4.13. The number of halogens is 1. The highest BCUT2D eigenvalue weighted by Gasteiger charge is 2.03. The van der Waals surface area contributed by atoms with E-state index in [-0.39, 0.29) is 5.56 Å². The molecule has 1 aromatic heterocycles. The standard InChI is InChI=1S/C20H20FN3O2/c21-18-11-15(2-3-16(18)5-6-20(25)24-26)13-22-9-7-14-1-4-17-8-10-23-19(17)12-14/h1-6,8,10-12,22-23,26H,7,9,13H2,(H,24,25)/b6-5+. The molecular weight excluding hydrogens is 333 g/mol. The van der Waals surface area contributed by atoms with Crippen LogP contribution in [0.25, 0.3) is 17.0 Å². The molecule has 0 atom stereocenters. The van der Waals surface area contributed by atoms with E-state index in [1.54, 1.807) is 12.1 Å². The van der Waals surface area contributed by atoms with Crippen molar-refractivity contribution < 1.29 is 14.4 Å². The molecule has 134 valence electrons. The molecule has 6 heteroatoms. The summed E-state index contributed by atoms with van der Waals surface area (Å²) in [6.07, 6.45) is 5.19. The molecule has 0 bridgehead atoms. The summed E-state index contributed by atoms with van der Waals surface area (Å²) >= 11 is 0. The zero-order valence-electron chi connectivity index (χ0n) is 14.1. The Bertz CT molecular complexity index is 934. The molecule has 0 radical (unpaired) electrons. The van der Waals surface area contributed by atoms with Gasteiger partial charge in [-0.3, -0.25) is 10.0 Å². The minimum Gasteiger partial charge on any atom is -0.361 e. The first-order valence-corrected chi connectivity index (χ1v) is 8.33. The zero-order chi connectivity index (χ0) is 18.4. The number of H-pyrrole nitrogens is 1. The Hall–Kier alpha value is -2.96. The number of carbonyl (C=O) groups excluding carboxylic acids is 1. The van der Waals surface area contributed by atoms with Gasteiger partial charge in [-0.05, 0) is 53.8 Å². The molecule has 0 saturated carbocycles. The van der Waals surface area contributed by atoms with Crippen LogP contribution in [0.4, 0.5) is 4.39 Å². The summed E-state index contributed by atoms with van der Waals surface area (Å²) in [5.41, 5.74) is 4.94. The lowest BCUT2D eigenvalue weighted by Crippen LogP contribution is -2.16. The molecule has 1 heterocycles. The third-order valence-electron chi connectivity index (χ3n) is 4.13. The second-order valence-corrected chi connectivity index (χ2v) is 5.99. The topological polar surface area (TPSA) is 77.2 Å². The van der Waals surface area contributed by atoms with Gasteiger partial charge >= 0.3 is 0 Å². The van der Waals surface area contributed by atoms with Gasteiger partial charge in [-0.1, -0.05) is 24.3 Å². The van der Waals surface area contributed by atoms with Crippen molar-refractivity contribution >= 4 is 22.9 Å². The van der Waals surface area contributed by atoms with Crippen molar-refractivity contribution in [2.24, 2.45) is 0 Å². The number of aromatic amines is 1. The maximum Gasteiger partial charge on any atom is 0.267 e. The Morgan fingerprint density at radius 3 is 2.81 bits per heavy atom. The van der Waals surface area contributed by atoms with Gasteiger partial charge in [0, 0.05) is 29.9 Å². The number of carbonyl (C=O) groups is 1. The predicted molar refractivity (Wildman–Crippen MR) is 99.1 cm³/mol. The van der Waals surface area contributed by atoms with Crippen LogP contribution in [-0.4, -0.2) is 22.6 Å². The maximum atomic E-state index is 14.0. The smallest absolute Gasteiger partial charge is 0.267 e. The minimum atomic E-state index is -0.701. The van der Waals surface area contributed by atoms with Crippen LogP contribution in [0.5, 0.6) is 0 Å². The minimum absolute atomic E-state index is 0.289. The van der Waals surface area contributed by atoms with Gasteiger partial charge in [-0.15, -0.1) is 0 Å². The average molecular weight is 353 g/mol. The number of fused-ring (bicyclic) bond motifs is 1. The van der Waals surface area contributed by atoms with Crippen molar-refractivity contribution in [3.8, 4) is 0 Å². The van der Waals surface area contributed by atoms with Crippen LogP contribution in [0.3, 0.4) is 0 Å². The van der Waals surface area contributed by atoms with Gasteiger partial charge in [0.2, 0.25) is 0 Å². The zero-order valence-corrected chi connectivity index (χ0v) is 14.1. The van der Waals surface area contributed by atoms with Gasteiger partial charge in [-0.2, -0.15) is 0 Å². The predicted octanol–water partition coefficient (Wildman–Crippen LogP) is 3.16. The number of rotatable bonds is 7. The summed E-state index contributed by atoms with van der Waals surface area (Å²) in [4.78, 5) is 14.1. The van der Waals surface area contributed by atoms with Gasteiger partial charge in [-0.25, -0.2) is 9.87 Å². The number of benzene rings is 2. The van der Waals surface area contributed by atoms with E-state index in [1.807, 2.05) is 12.3 Å². The monoisotopic (exact) mass is 353 g/mol. The van der Waals surface area contributed by atoms with E-state index in [9.17, 15) is 9.18 Å². The van der Waals surface area contributed by atoms with E-state index < -0.39 is 11.7 Å². The van der Waals surface area contributed by atoms with Crippen LogP contribution >= 0.6 is 0 Å². The van der Waals surface area contributed by atoms with Crippen LogP contribution < -0.4 is 10.8 Å². The van der Waals surface area contributed by atoms with E-state index in [4.69, 9.17) is 5.21 Å². The molecule has 0 unspecified atom stereocenters. The van der Waals surface area contributed by atoms with Crippen LogP contribution in [0, 0.1) is 5.82 Å². The summed E-state index contributed by atoms with van der Waals surface area (Å²) in [5.74, 6) is -1.11. The Labute approximate surface area is 150 Å². The lowest BCUT2D eigenvalue weighted by molar-refractivity contribution is -0.124. The van der Waals surface area contributed by atoms with Crippen molar-refractivity contribution in [1.29, 1.82) is 0 Å². The highest BCUT2D eigenvalue weighted by molar-refractivity contribution is 5.90. The Kier molecular flexibility index (Phi) is 5.78. The summed E-state index contributed by atoms with van der Waals surface area (Å²) in [7, 11) is 0. The molecule has 0 aliphatic rings. The molecular formula is C20H20FN3O2. The molecule has 26 heavy (non-hydrogen) atoms. The van der Waals surface area contributed by atoms with Crippen molar-refractivity contribution in [3.05, 3.63) is 77.2 Å². The lowest BCUT2D eigenvalue weighted by atomic mass is 10.1. The number of nitrogens with one attached hydrogen (secondary N) is 3. The van der Waals surface area contributed by atoms with Crippen molar-refractivity contribution in [2.75, 3.05) is 6.54 Å². The summed E-state index contributed by atoms with van der Waals surface area (Å²) < 4.78 is 14.0. The first-order chi connectivity index (χ1) is 12.7. The van der Waals surface area contributed by atoms with Gasteiger partial charge < -0.3 is 10.3 Å². The van der Waals surface area contributed by atoms with Crippen LogP contribution in [0.1, 0.15) is 16.7 Å². The average Bonchev–Trinajstić information content (AvgIpc) is 3.12. The van der Waals surface area contributed by atoms with Gasteiger partial charge in [0.15, 0.2) is 0 Å². The molecule has 4 N–H and O–H groups in total. The SMILES string of the molecule is O=C(/C=C/c1ccc(CNCCc2ccc3cc[nH]c3c2)cc1F)NO. The molecule has 5 nitrogen and oxygen atoms in total. The van der Waals surface area contributed by atoms with E-state index in [1.165, 1.54) is 28.6 Å². The van der Waals surface area contributed by atoms with E-state index in [0.29, 0.717) is 6.54 Å². The van der Waals surface area contributed by atoms with E-state index in [2.05, 4.69) is 28.5 Å². The number of hydrogen-bond donors (Lipinski definition) is 4. The quantitative estimate of drug-likeness (QED) is 0.228. The second-order valence-electron chi connectivity index (χ2n) is 5.99. The fourth-order valence-corrected chi connectivity index (χ4v) is 2.73. The van der Waals surface area contributed by atoms with Crippen LogP contribution in [0.15, 0.2) is 54.7 Å². The normalized spacial score (nSPS) is 11.3. The molecule has 3 rings (SSSR count). The highest BCUT2D eigenvalue weighted by Crippen LogP contribution is 2.15. The van der Waals surface area contributed by atoms with Gasteiger partial charge in [0.1, 0.15) is 5.82 Å². The van der Waals surface area contributed by atoms with E-state index >= 15 is 0 Å².